The smallest absolute Gasteiger partial charge is 0.229 e. The first-order valence-corrected chi connectivity index (χ1v) is 12.8. The molecule has 2 N–H and O–H groups in total. The molecule has 0 unspecified atom stereocenters. The molecule has 0 aliphatic rings. The van der Waals surface area contributed by atoms with Gasteiger partial charge in [0.25, 0.3) is 0 Å². The van der Waals surface area contributed by atoms with E-state index >= 15 is 0 Å². The van der Waals surface area contributed by atoms with Gasteiger partial charge in [-0.3, -0.25) is 9.59 Å². The van der Waals surface area contributed by atoms with E-state index in [2.05, 4.69) is 38.0 Å². The second-order valence-electron chi connectivity index (χ2n) is 8.08. The maximum absolute atomic E-state index is 12.3. The van der Waals surface area contributed by atoms with Crippen LogP contribution in [0.5, 0.6) is 5.75 Å². The van der Waals surface area contributed by atoms with Gasteiger partial charge in [0, 0.05) is 12.8 Å². The van der Waals surface area contributed by atoms with Gasteiger partial charge < -0.3 is 15.4 Å². The van der Waals surface area contributed by atoms with Gasteiger partial charge in [-0.1, -0.05) is 36.8 Å². The highest BCUT2D eigenvalue weighted by molar-refractivity contribution is 7.15. The third-order valence-corrected chi connectivity index (χ3v) is 6.00. The van der Waals surface area contributed by atoms with Crippen molar-refractivity contribution in [2.24, 2.45) is 0 Å². The van der Waals surface area contributed by atoms with Crippen molar-refractivity contribution in [3.8, 4) is 5.75 Å². The number of hydrogen-bond donors (Lipinski definition) is 2. The van der Waals surface area contributed by atoms with Crippen LogP contribution < -0.4 is 15.4 Å². The normalized spacial score (nSPS) is 10.7. The number of aromatic nitrogens is 4. The number of aryl methyl sites for hydroxylation is 2. The molecule has 10 heteroatoms. The van der Waals surface area contributed by atoms with Crippen molar-refractivity contribution in [1.82, 2.24) is 20.4 Å². The van der Waals surface area contributed by atoms with Crippen LogP contribution in [-0.2, 0) is 28.9 Å². The van der Waals surface area contributed by atoms with Crippen molar-refractivity contribution in [1.29, 1.82) is 0 Å². The highest BCUT2D eigenvalue weighted by Crippen LogP contribution is 2.18. The lowest BCUT2D eigenvalue weighted by atomic mass is 10.1. The van der Waals surface area contributed by atoms with E-state index < -0.39 is 0 Å². The van der Waals surface area contributed by atoms with E-state index in [4.69, 9.17) is 4.74 Å². The summed E-state index contributed by atoms with van der Waals surface area (Å²) >= 11 is 1.42. The average molecular weight is 497 g/mol. The van der Waals surface area contributed by atoms with Gasteiger partial charge in [-0.25, -0.2) is 0 Å². The predicted molar refractivity (Wildman–Crippen MR) is 137 cm³/mol. The van der Waals surface area contributed by atoms with Gasteiger partial charge in [0.05, 0.1) is 18.7 Å². The van der Waals surface area contributed by atoms with Crippen LogP contribution in [0, 0.1) is 0 Å². The Hall–Kier alpha value is -3.40. The summed E-state index contributed by atoms with van der Waals surface area (Å²) in [6.45, 7) is 4.56. The van der Waals surface area contributed by atoms with Gasteiger partial charge in [-0.05, 0) is 62.4 Å². The minimum absolute atomic E-state index is 0.0106. The van der Waals surface area contributed by atoms with Crippen molar-refractivity contribution < 1.29 is 14.3 Å². The molecule has 0 bridgehead atoms. The molecule has 9 nitrogen and oxygen atoms in total. The van der Waals surface area contributed by atoms with Crippen molar-refractivity contribution in [2.75, 3.05) is 17.2 Å². The lowest BCUT2D eigenvalue weighted by molar-refractivity contribution is -0.116. The molecular weight excluding hydrogens is 464 g/mol. The molecule has 1 aromatic carbocycles. The molecule has 0 atom stereocenters. The third-order valence-electron chi connectivity index (χ3n) is 5.11. The molecule has 3 aromatic rings. The Bertz CT molecular complexity index is 1090. The van der Waals surface area contributed by atoms with Crippen molar-refractivity contribution in [3.05, 3.63) is 52.7 Å². The van der Waals surface area contributed by atoms with E-state index in [1.54, 1.807) is 6.07 Å². The Labute approximate surface area is 209 Å². The second-order valence-corrected chi connectivity index (χ2v) is 9.14. The Balaban J connectivity index is 1.36. The summed E-state index contributed by atoms with van der Waals surface area (Å²) in [6.07, 6.45) is 6.04. The molecule has 2 heterocycles. The number of carbonyl (C=O) groups is 2. The Morgan fingerprint density at radius 2 is 1.77 bits per heavy atom. The Morgan fingerprint density at radius 3 is 2.54 bits per heavy atom. The van der Waals surface area contributed by atoms with E-state index in [1.807, 2.05) is 37.3 Å². The van der Waals surface area contributed by atoms with Crippen LogP contribution in [-0.4, -0.2) is 38.8 Å². The van der Waals surface area contributed by atoms with Gasteiger partial charge in [-0.15, -0.1) is 15.3 Å². The highest BCUT2D eigenvalue weighted by Gasteiger charge is 2.09. The van der Waals surface area contributed by atoms with Gasteiger partial charge in [-0.2, -0.15) is 5.10 Å². The van der Waals surface area contributed by atoms with Crippen LogP contribution in [0.2, 0.25) is 0 Å². The summed E-state index contributed by atoms with van der Waals surface area (Å²) in [5.74, 6) is 1.02. The summed E-state index contributed by atoms with van der Waals surface area (Å²) in [4.78, 5) is 24.1. The van der Waals surface area contributed by atoms with Crippen LogP contribution in [0.3, 0.4) is 0 Å². The largest absolute Gasteiger partial charge is 0.494 e. The second kappa shape index (κ2) is 14.1. The number of nitrogens with zero attached hydrogens (tertiary/aromatic N) is 4. The van der Waals surface area contributed by atoms with E-state index in [9.17, 15) is 9.59 Å². The maximum atomic E-state index is 12.3. The number of unbranched alkanes of at least 4 members (excludes halogenated alkanes) is 2. The summed E-state index contributed by atoms with van der Waals surface area (Å²) in [5.41, 5.74) is 1.74. The first-order valence-electron chi connectivity index (χ1n) is 12.0. The third kappa shape index (κ3) is 9.40. The van der Waals surface area contributed by atoms with Crippen LogP contribution in [0.1, 0.15) is 62.2 Å². The zero-order valence-corrected chi connectivity index (χ0v) is 21.1. The number of benzene rings is 1. The lowest BCUT2D eigenvalue weighted by Crippen LogP contribution is -2.16. The SMILES string of the molecule is CCCCC(=O)Nc1nnc(CCCCc2ccc(NC(=O)Cc3cccc(OCC)c3)nn2)s1. The number of amides is 2. The topological polar surface area (TPSA) is 119 Å². The Kier molecular flexibility index (Phi) is 10.6. The summed E-state index contributed by atoms with van der Waals surface area (Å²) in [6, 6.07) is 11.2. The molecule has 2 aromatic heterocycles. The number of rotatable bonds is 14. The van der Waals surface area contributed by atoms with E-state index in [-0.39, 0.29) is 18.2 Å². The molecule has 0 fully saturated rings. The first-order chi connectivity index (χ1) is 17.1. The number of anilines is 2. The minimum Gasteiger partial charge on any atom is -0.494 e. The van der Waals surface area contributed by atoms with Gasteiger partial charge in [0.15, 0.2) is 5.82 Å². The molecule has 0 aliphatic carbocycles. The zero-order chi connectivity index (χ0) is 24.9. The van der Waals surface area contributed by atoms with Crippen LogP contribution in [0.4, 0.5) is 10.9 Å². The molecular formula is C25H32N6O3S. The van der Waals surface area contributed by atoms with Crippen molar-refractivity contribution >= 4 is 34.1 Å². The van der Waals surface area contributed by atoms with Gasteiger partial charge in [0.2, 0.25) is 16.9 Å². The summed E-state index contributed by atoms with van der Waals surface area (Å²) in [5, 5.41) is 23.6. The van der Waals surface area contributed by atoms with Gasteiger partial charge in [0.1, 0.15) is 10.8 Å². The molecule has 2 amide bonds. The predicted octanol–water partition coefficient (Wildman–Crippen LogP) is 4.60. The molecule has 3 rings (SSSR count). The van der Waals surface area contributed by atoms with E-state index in [0.717, 1.165) is 60.5 Å². The number of carbonyl (C=O) groups excluding carboxylic acids is 2. The zero-order valence-electron chi connectivity index (χ0n) is 20.2. The lowest BCUT2D eigenvalue weighted by Gasteiger charge is -2.07. The maximum Gasteiger partial charge on any atom is 0.229 e. The number of ether oxygens (including phenoxy) is 1. The number of nitrogens with one attached hydrogen (secondary N) is 2. The van der Waals surface area contributed by atoms with E-state index in [0.29, 0.717) is 24.0 Å². The fraction of sp³-hybridized carbons (Fsp3) is 0.440. The molecule has 0 saturated heterocycles. The van der Waals surface area contributed by atoms with Crippen LogP contribution >= 0.6 is 11.3 Å². The Morgan fingerprint density at radius 1 is 0.914 bits per heavy atom. The number of hydrogen-bond acceptors (Lipinski definition) is 8. The fourth-order valence-corrected chi connectivity index (χ4v) is 4.15. The van der Waals surface area contributed by atoms with Crippen molar-refractivity contribution in [3.63, 3.8) is 0 Å². The first kappa shape index (κ1) is 26.2. The molecule has 0 radical (unpaired) electrons. The molecule has 0 saturated carbocycles. The molecule has 0 aliphatic heterocycles. The van der Waals surface area contributed by atoms with Gasteiger partial charge >= 0.3 is 0 Å². The fourth-order valence-electron chi connectivity index (χ4n) is 3.35. The van der Waals surface area contributed by atoms with E-state index in [1.165, 1.54) is 11.3 Å². The average Bonchev–Trinajstić information content (AvgIpc) is 3.29. The highest BCUT2D eigenvalue weighted by atomic mass is 32.1. The summed E-state index contributed by atoms with van der Waals surface area (Å²) in [7, 11) is 0. The van der Waals surface area contributed by atoms with Crippen LogP contribution in [0.25, 0.3) is 0 Å². The standard InChI is InChI=1S/C25H32N6O3S/c1-3-5-12-22(32)27-25-31-30-24(35-25)13-7-6-10-19-14-15-21(29-28-19)26-23(33)17-18-9-8-11-20(16-18)34-4-2/h8-9,11,14-16H,3-7,10,12-13,17H2,1-2H3,(H,26,29,33)(H,27,31,32). The molecule has 186 valence electrons. The molecule has 35 heavy (non-hydrogen) atoms. The molecule has 0 spiro atoms. The minimum atomic E-state index is -0.154. The van der Waals surface area contributed by atoms with Crippen LogP contribution in [0.15, 0.2) is 36.4 Å². The quantitative estimate of drug-likeness (QED) is 0.313. The monoisotopic (exact) mass is 496 g/mol. The van der Waals surface area contributed by atoms with Crippen molar-refractivity contribution in [2.45, 2.75) is 65.2 Å². The summed E-state index contributed by atoms with van der Waals surface area (Å²) < 4.78 is 5.48.